The van der Waals surface area contributed by atoms with E-state index in [1.807, 2.05) is 6.07 Å². The fourth-order valence-corrected chi connectivity index (χ4v) is 4.15. The van der Waals surface area contributed by atoms with E-state index in [2.05, 4.69) is 65.6 Å². The first-order valence-electron chi connectivity index (χ1n) is 11.2. The maximum atomic E-state index is 12.8. The molecule has 0 radical (unpaired) electrons. The summed E-state index contributed by atoms with van der Waals surface area (Å²) >= 11 is 0. The molecular weight excluding hydrogens is 402 g/mol. The van der Waals surface area contributed by atoms with Crippen LogP contribution in [-0.2, 0) is 24.3 Å². The molecule has 0 bridgehead atoms. The Morgan fingerprint density at radius 3 is 2.59 bits per heavy atom. The molecule has 2 aromatic carbocycles. The summed E-state index contributed by atoms with van der Waals surface area (Å²) in [6.07, 6.45) is 1.22. The second-order valence-corrected chi connectivity index (χ2v) is 9.62. The number of aromatic nitrogens is 3. The van der Waals surface area contributed by atoms with Gasteiger partial charge >= 0.3 is 0 Å². The SMILES string of the molecule is CC(C)(C)[C@@H](CN1CCc2ccccc2C1)NC(=O)CCn1nnc2ccccc2c1=O. The van der Waals surface area contributed by atoms with Crippen LogP contribution >= 0.6 is 0 Å². The van der Waals surface area contributed by atoms with Crippen LogP contribution in [0.3, 0.4) is 0 Å². The third kappa shape index (κ3) is 5.05. The first-order valence-corrected chi connectivity index (χ1v) is 11.2. The van der Waals surface area contributed by atoms with Crippen LogP contribution in [0, 0.1) is 5.41 Å². The molecule has 7 nitrogen and oxygen atoms in total. The Morgan fingerprint density at radius 1 is 1.09 bits per heavy atom. The van der Waals surface area contributed by atoms with Crippen molar-refractivity contribution in [2.24, 2.45) is 5.41 Å². The molecule has 0 fully saturated rings. The second-order valence-electron chi connectivity index (χ2n) is 9.62. The van der Waals surface area contributed by atoms with Gasteiger partial charge in [0, 0.05) is 32.1 Å². The topological polar surface area (TPSA) is 80.1 Å². The third-order valence-corrected chi connectivity index (χ3v) is 6.21. The summed E-state index contributed by atoms with van der Waals surface area (Å²) in [6.45, 7) is 9.33. The van der Waals surface area contributed by atoms with Gasteiger partial charge in [-0.1, -0.05) is 62.4 Å². The van der Waals surface area contributed by atoms with Crippen molar-refractivity contribution in [3.63, 3.8) is 0 Å². The Kier molecular flexibility index (Phi) is 6.37. The van der Waals surface area contributed by atoms with Gasteiger partial charge in [0.05, 0.1) is 11.9 Å². The molecule has 0 spiro atoms. The maximum absolute atomic E-state index is 12.8. The molecule has 4 rings (SSSR count). The lowest BCUT2D eigenvalue weighted by molar-refractivity contribution is -0.123. The minimum Gasteiger partial charge on any atom is -0.351 e. The van der Waals surface area contributed by atoms with E-state index in [9.17, 15) is 9.59 Å². The fourth-order valence-electron chi connectivity index (χ4n) is 4.15. The number of hydrogen-bond acceptors (Lipinski definition) is 5. The predicted molar refractivity (Wildman–Crippen MR) is 125 cm³/mol. The molecule has 1 atom stereocenters. The molecule has 0 saturated heterocycles. The summed E-state index contributed by atoms with van der Waals surface area (Å²) in [5, 5.41) is 11.8. The Labute approximate surface area is 188 Å². The van der Waals surface area contributed by atoms with E-state index in [1.54, 1.807) is 18.2 Å². The van der Waals surface area contributed by atoms with Crippen LogP contribution in [-0.4, -0.2) is 44.9 Å². The number of hydrogen-bond donors (Lipinski definition) is 1. The van der Waals surface area contributed by atoms with E-state index in [-0.39, 0.29) is 35.9 Å². The summed E-state index contributed by atoms with van der Waals surface area (Å²) in [5.41, 5.74) is 3.04. The summed E-state index contributed by atoms with van der Waals surface area (Å²) in [4.78, 5) is 27.8. The number of nitrogens with one attached hydrogen (secondary N) is 1. The lowest BCUT2D eigenvalue weighted by Crippen LogP contribution is -2.51. The minimum absolute atomic E-state index is 0.000304. The molecule has 32 heavy (non-hydrogen) atoms. The molecule has 3 aromatic rings. The molecule has 1 amide bonds. The van der Waals surface area contributed by atoms with E-state index in [0.717, 1.165) is 26.1 Å². The van der Waals surface area contributed by atoms with E-state index in [4.69, 9.17) is 0 Å². The first-order chi connectivity index (χ1) is 15.3. The van der Waals surface area contributed by atoms with Gasteiger partial charge in [-0.25, -0.2) is 4.68 Å². The van der Waals surface area contributed by atoms with Gasteiger partial charge in [-0.3, -0.25) is 14.5 Å². The zero-order chi connectivity index (χ0) is 22.7. The number of benzene rings is 2. The van der Waals surface area contributed by atoms with Crippen LogP contribution in [0.15, 0.2) is 53.3 Å². The van der Waals surface area contributed by atoms with Crippen molar-refractivity contribution in [1.29, 1.82) is 0 Å². The van der Waals surface area contributed by atoms with Gasteiger partial charge in [-0.15, -0.1) is 5.10 Å². The highest BCUT2D eigenvalue weighted by Crippen LogP contribution is 2.24. The summed E-state index contributed by atoms with van der Waals surface area (Å²) in [7, 11) is 0. The van der Waals surface area contributed by atoms with Crippen molar-refractivity contribution in [2.75, 3.05) is 13.1 Å². The number of amides is 1. The zero-order valence-electron chi connectivity index (χ0n) is 19.0. The molecule has 0 unspecified atom stereocenters. The Hall–Kier alpha value is -3.06. The molecule has 0 aliphatic carbocycles. The summed E-state index contributed by atoms with van der Waals surface area (Å²) < 4.78 is 1.27. The normalized spacial score (nSPS) is 15.3. The van der Waals surface area contributed by atoms with Crippen LogP contribution in [0.5, 0.6) is 0 Å². The van der Waals surface area contributed by atoms with Crippen molar-refractivity contribution in [1.82, 2.24) is 25.2 Å². The highest BCUT2D eigenvalue weighted by Gasteiger charge is 2.29. The van der Waals surface area contributed by atoms with E-state index in [0.29, 0.717) is 10.9 Å². The molecular formula is C25H31N5O2. The van der Waals surface area contributed by atoms with Crippen molar-refractivity contribution in [2.45, 2.75) is 52.7 Å². The fraction of sp³-hybridized carbons (Fsp3) is 0.440. The minimum atomic E-state index is -0.220. The molecule has 1 aromatic heterocycles. The molecule has 0 saturated carbocycles. The van der Waals surface area contributed by atoms with Crippen LogP contribution < -0.4 is 10.9 Å². The number of rotatable bonds is 6. The highest BCUT2D eigenvalue weighted by atomic mass is 16.2. The van der Waals surface area contributed by atoms with Crippen molar-refractivity contribution >= 4 is 16.8 Å². The quantitative estimate of drug-likeness (QED) is 0.647. The lowest BCUT2D eigenvalue weighted by Gasteiger charge is -2.38. The largest absolute Gasteiger partial charge is 0.351 e. The van der Waals surface area contributed by atoms with Crippen molar-refractivity contribution in [3.8, 4) is 0 Å². The second kappa shape index (κ2) is 9.20. The number of carbonyl (C=O) groups is 1. The van der Waals surface area contributed by atoms with Crippen LogP contribution in [0.4, 0.5) is 0 Å². The number of nitrogens with zero attached hydrogens (tertiary/aromatic N) is 4. The van der Waals surface area contributed by atoms with Gasteiger partial charge in [-0.2, -0.15) is 0 Å². The van der Waals surface area contributed by atoms with Gasteiger partial charge in [0.25, 0.3) is 5.56 Å². The summed E-state index contributed by atoms with van der Waals surface area (Å²) in [6, 6.07) is 15.7. The average molecular weight is 434 g/mol. The number of aryl methyl sites for hydroxylation is 1. The monoisotopic (exact) mass is 433 g/mol. The Balaban J connectivity index is 1.39. The maximum Gasteiger partial charge on any atom is 0.277 e. The molecule has 7 heteroatoms. The van der Waals surface area contributed by atoms with Gasteiger partial charge in [0.2, 0.25) is 5.91 Å². The lowest BCUT2D eigenvalue weighted by atomic mass is 9.85. The predicted octanol–water partition coefficient (Wildman–Crippen LogP) is 2.77. The Bertz CT molecular complexity index is 1160. The highest BCUT2D eigenvalue weighted by molar-refractivity contribution is 5.77. The Morgan fingerprint density at radius 2 is 1.81 bits per heavy atom. The molecule has 168 valence electrons. The molecule has 1 aliphatic heterocycles. The zero-order valence-corrected chi connectivity index (χ0v) is 19.0. The van der Waals surface area contributed by atoms with Gasteiger partial charge in [0.1, 0.15) is 5.52 Å². The van der Waals surface area contributed by atoms with Crippen molar-refractivity contribution in [3.05, 3.63) is 70.0 Å². The van der Waals surface area contributed by atoms with Gasteiger partial charge in [-0.05, 0) is 35.1 Å². The average Bonchev–Trinajstić information content (AvgIpc) is 2.78. The smallest absolute Gasteiger partial charge is 0.277 e. The van der Waals surface area contributed by atoms with Gasteiger partial charge in [0.15, 0.2) is 0 Å². The number of fused-ring (bicyclic) bond motifs is 2. The van der Waals surface area contributed by atoms with E-state index < -0.39 is 0 Å². The van der Waals surface area contributed by atoms with Crippen LogP contribution in [0.2, 0.25) is 0 Å². The number of carbonyl (C=O) groups excluding carboxylic acids is 1. The molecule has 1 aliphatic rings. The third-order valence-electron chi connectivity index (χ3n) is 6.21. The summed E-state index contributed by atoms with van der Waals surface area (Å²) in [5.74, 6) is -0.0795. The van der Waals surface area contributed by atoms with E-state index >= 15 is 0 Å². The van der Waals surface area contributed by atoms with Crippen LogP contribution in [0.1, 0.15) is 38.3 Å². The van der Waals surface area contributed by atoms with E-state index in [1.165, 1.54) is 15.8 Å². The van der Waals surface area contributed by atoms with Crippen LogP contribution in [0.25, 0.3) is 10.9 Å². The van der Waals surface area contributed by atoms with Gasteiger partial charge < -0.3 is 5.32 Å². The molecule has 2 heterocycles. The first kappa shape index (κ1) is 22.1. The molecule has 1 N–H and O–H groups in total. The standard InChI is InChI=1S/C25H31N5O2/c1-25(2,3)22(17-29-14-12-18-8-4-5-9-19(18)16-29)26-23(31)13-15-30-24(32)20-10-6-7-11-21(20)27-28-30/h4-11,22H,12-17H2,1-3H3,(H,26,31)/t22-/m1/s1. The van der Waals surface area contributed by atoms with Crippen molar-refractivity contribution < 1.29 is 4.79 Å².